The van der Waals surface area contributed by atoms with Gasteiger partial charge in [-0.05, 0) is 23.8 Å². The summed E-state index contributed by atoms with van der Waals surface area (Å²) in [5.41, 5.74) is 1.72. The molecule has 1 aromatic carbocycles. The second-order valence-electron chi connectivity index (χ2n) is 3.84. The van der Waals surface area contributed by atoms with E-state index in [1.807, 2.05) is 19.1 Å². The van der Waals surface area contributed by atoms with E-state index in [1.165, 1.54) is 0 Å². The van der Waals surface area contributed by atoms with Gasteiger partial charge in [0.2, 0.25) is 5.91 Å². The van der Waals surface area contributed by atoms with Gasteiger partial charge in [0.05, 0.1) is 13.2 Å². The van der Waals surface area contributed by atoms with Crippen molar-refractivity contribution < 1.29 is 9.53 Å². The average Bonchev–Trinajstić information content (AvgIpc) is 2.29. The molecule has 2 rings (SSSR count). The quantitative estimate of drug-likeness (QED) is 0.779. The van der Waals surface area contributed by atoms with Gasteiger partial charge in [-0.15, -0.1) is 0 Å². The second-order valence-corrected chi connectivity index (χ2v) is 3.84. The zero-order valence-electron chi connectivity index (χ0n) is 9.15. The molecule has 0 saturated heterocycles. The minimum atomic E-state index is -0.625. The molecule has 0 aromatic heterocycles. The Balaban J connectivity index is 2.48. The lowest BCUT2D eigenvalue weighted by molar-refractivity contribution is -0.119. The summed E-state index contributed by atoms with van der Waals surface area (Å²) in [6, 6.07) is 7.49. The third kappa shape index (κ3) is 1.50. The number of fused-ring (bicyclic) bond motifs is 1. The summed E-state index contributed by atoms with van der Waals surface area (Å²) in [6.45, 7) is 1.88. The molecule has 2 unspecified atom stereocenters. The third-order valence-corrected chi connectivity index (χ3v) is 2.93. The summed E-state index contributed by atoms with van der Waals surface area (Å²) in [7, 11) is 1.59. The summed E-state index contributed by atoms with van der Waals surface area (Å²) in [4.78, 5) is 11.6. The molecule has 0 fully saturated rings. The first-order valence-corrected chi connectivity index (χ1v) is 5.05. The van der Waals surface area contributed by atoms with E-state index >= 15 is 0 Å². The number of hydrogen-bond acceptors (Lipinski definition) is 3. The van der Waals surface area contributed by atoms with Gasteiger partial charge in [-0.25, -0.2) is 0 Å². The number of amides is 1. The summed E-state index contributed by atoms with van der Waals surface area (Å²) in [5.74, 6) is -0.227. The van der Waals surface area contributed by atoms with Crippen LogP contribution in [0.3, 0.4) is 0 Å². The van der Waals surface area contributed by atoms with E-state index in [-0.39, 0.29) is 11.8 Å². The van der Waals surface area contributed by atoms with Crippen LogP contribution in [0.4, 0.5) is 5.69 Å². The number of nitriles is 1. The lowest BCUT2D eigenvalue weighted by Crippen LogP contribution is -2.31. The Morgan fingerprint density at radius 2 is 2.25 bits per heavy atom. The number of ether oxygens (including phenoxy) is 1. The molecule has 0 bridgehead atoms. The summed E-state index contributed by atoms with van der Waals surface area (Å²) < 4.78 is 5.13. The van der Waals surface area contributed by atoms with E-state index < -0.39 is 5.92 Å². The molecular formula is C12H12N2O2. The molecule has 0 saturated carbocycles. The van der Waals surface area contributed by atoms with Crippen molar-refractivity contribution in [3.63, 3.8) is 0 Å². The number of hydrogen-bond donors (Lipinski definition) is 1. The van der Waals surface area contributed by atoms with Gasteiger partial charge < -0.3 is 10.1 Å². The van der Waals surface area contributed by atoms with E-state index in [4.69, 9.17) is 10.00 Å². The Labute approximate surface area is 93.8 Å². The normalized spacial score (nSPS) is 22.9. The number of anilines is 1. The average molecular weight is 216 g/mol. The minimum absolute atomic E-state index is 0.108. The maximum absolute atomic E-state index is 11.6. The Morgan fingerprint density at radius 1 is 1.50 bits per heavy atom. The van der Waals surface area contributed by atoms with E-state index in [1.54, 1.807) is 19.2 Å². The van der Waals surface area contributed by atoms with Gasteiger partial charge in [0.1, 0.15) is 11.7 Å². The van der Waals surface area contributed by atoms with Crippen LogP contribution in [0.15, 0.2) is 18.2 Å². The zero-order valence-corrected chi connectivity index (χ0v) is 9.15. The molecule has 82 valence electrons. The molecule has 1 aliphatic heterocycles. The first-order chi connectivity index (χ1) is 7.67. The highest BCUT2D eigenvalue weighted by atomic mass is 16.5. The minimum Gasteiger partial charge on any atom is -0.497 e. The number of benzene rings is 1. The first kappa shape index (κ1) is 10.5. The van der Waals surface area contributed by atoms with Gasteiger partial charge >= 0.3 is 0 Å². The van der Waals surface area contributed by atoms with Crippen LogP contribution in [0.25, 0.3) is 0 Å². The second kappa shape index (κ2) is 3.86. The van der Waals surface area contributed by atoms with Crippen molar-refractivity contribution in [3.8, 4) is 11.8 Å². The first-order valence-electron chi connectivity index (χ1n) is 5.05. The summed E-state index contributed by atoms with van der Waals surface area (Å²) in [6.07, 6.45) is 0. The highest BCUT2D eigenvalue weighted by molar-refractivity contribution is 5.98. The van der Waals surface area contributed by atoms with Gasteiger partial charge in [0.25, 0.3) is 0 Å². The van der Waals surface area contributed by atoms with Gasteiger partial charge in [-0.3, -0.25) is 4.79 Å². The fourth-order valence-corrected chi connectivity index (χ4v) is 1.95. The molecule has 1 aliphatic rings. The monoisotopic (exact) mass is 216 g/mol. The number of rotatable bonds is 1. The lowest BCUT2D eigenvalue weighted by atomic mass is 9.84. The molecule has 1 heterocycles. The molecular weight excluding hydrogens is 204 g/mol. The van der Waals surface area contributed by atoms with Crippen molar-refractivity contribution in [1.29, 1.82) is 5.26 Å². The molecule has 1 amide bonds. The van der Waals surface area contributed by atoms with Crippen molar-refractivity contribution in [3.05, 3.63) is 23.8 Å². The number of carbonyl (C=O) groups excluding carboxylic acids is 1. The van der Waals surface area contributed by atoms with Crippen LogP contribution in [-0.2, 0) is 4.79 Å². The number of carbonyl (C=O) groups is 1. The zero-order chi connectivity index (χ0) is 11.7. The van der Waals surface area contributed by atoms with Gasteiger partial charge in [0, 0.05) is 11.6 Å². The molecule has 2 atom stereocenters. The van der Waals surface area contributed by atoms with Crippen LogP contribution in [0.2, 0.25) is 0 Å². The Bertz CT molecular complexity index is 476. The fourth-order valence-electron chi connectivity index (χ4n) is 1.95. The van der Waals surface area contributed by atoms with Gasteiger partial charge in [0.15, 0.2) is 0 Å². The van der Waals surface area contributed by atoms with Crippen LogP contribution in [-0.4, -0.2) is 13.0 Å². The van der Waals surface area contributed by atoms with Crippen LogP contribution in [0.5, 0.6) is 5.75 Å². The number of methoxy groups -OCH3 is 1. The Kier molecular flexibility index (Phi) is 2.53. The van der Waals surface area contributed by atoms with E-state index in [0.717, 1.165) is 17.0 Å². The highest BCUT2D eigenvalue weighted by Gasteiger charge is 2.32. The molecule has 4 nitrogen and oxygen atoms in total. The Hall–Kier alpha value is -2.02. The van der Waals surface area contributed by atoms with Gasteiger partial charge in [-0.1, -0.05) is 6.92 Å². The smallest absolute Gasteiger partial charge is 0.242 e. The largest absolute Gasteiger partial charge is 0.497 e. The van der Waals surface area contributed by atoms with Crippen LogP contribution >= 0.6 is 0 Å². The van der Waals surface area contributed by atoms with Crippen molar-refractivity contribution >= 4 is 11.6 Å². The molecule has 16 heavy (non-hydrogen) atoms. The lowest BCUT2D eigenvalue weighted by Gasteiger charge is -2.26. The molecule has 0 aliphatic carbocycles. The molecule has 0 radical (unpaired) electrons. The summed E-state index contributed by atoms with van der Waals surface area (Å²) in [5, 5.41) is 11.7. The van der Waals surface area contributed by atoms with E-state index in [9.17, 15) is 4.79 Å². The molecule has 0 spiro atoms. The maximum Gasteiger partial charge on any atom is 0.242 e. The fraction of sp³-hybridized carbons (Fsp3) is 0.333. The van der Waals surface area contributed by atoms with Crippen molar-refractivity contribution in [2.45, 2.75) is 12.8 Å². The standard InChI is InChI=1S/C12H12N2O2/c1-7-9-5-8(16-2)3-4-11(9)14-12(15)10(7)6-13/h3-5,7,10H,1-2H3,(H,14,15). The predicted octanol–water partition coefficient (Wildman–Crippen LogP) is 1.89. The van der Waals surface area contributed by atoms with Crippen molar-refractivity contribution in [2.75, 3.05) is 12.4 Å². The summed E-state index contributed by atoms with van der Waals surface area (Å²) >= 11 is 0. The number of nitrogens with one attached hydrogen (secondary N) is 1. The van der Waals surface area contributed by atoms with E-state index in [0.29, 0.717) is 0 Å². The number of nitrogens with zero attached hydrogens (tertiary/aromatic N) is 1. The van der Waals surface area contributed by atoms with Gasteiger partial charge in [-0.2, -0.15) is 5.26 Å². The van der Waals surface area contributed by atoms with E-state index in [2.05, 4.69) is 5.32 Å². The topological polar surface area (TPSA) is 62.1 Å². The third-order valence-electron chi connectivity index (χ3n) is 2.93. The molecule has 1 N–H and O–H groups in total. The van der Waals surface area contributed by atoms with Crippen molar-refractivity contribution in [2.24, 2.45) is 5.92 Å². The molecule has 1 aromatic rings. The van der Waals surface area contributed by atoms with Crippen LogP contribution in [0, 0.1) is 17.2 Å². The Morgan fingerprint density at radius 3 is 2.88 bits per heavy atom. The molecule has 4 heteroatoms. The SMILES string of the molecule is COc1ccc2c(c1)C(C)C(C#N)C(=O)N2. The van der Waals surface area contributed by atoms with Crippen LogP contribution in [0.1, 0.15) is 18.4 Å². The maximum atomic E-state index is 11.6. The van der Waals surface area contributed by atoms with Crippen molar-refractivity contribution in [1.82, 2.24) is 0 Å². The highest BCUT2D eigenvalue weighted by Crippen LogP contribution is 2.37. The van der Waals surface area contributed by atoms with Crippen LogP contribution < -0.4 is 10.1 Å². The predicted molar refractivity (Wildman–Crippen MR) is 59.1 cm³/mol.